The summed E-state index contributed by atoms with van der Waals surface area (Å²) >= 11 is 0. The van der Waals surface area contributed by atoms with Crippen molar-refractivity contribution >= 4 is 60.5 Å². The van der Waals surface area contributed by atoms with E-state index < -0.39 is 123 Å². The number of aliphatic carboxylic acids is 3. The van der Waals surface area contributed by atoms with Crippen molar-refractivity contribution in [1.82, 2.24) is 32.1 Å². The molecule has 2 rings (SSSR count). The van der Waals surface area contributed by atoms with Crippen LogP contribution in [0.1, 0.15) is 108 Å². The van der Waals surface area contributed by atoms with E-state index in [2.05, 4.69) is 38.6 Å². The number of carboxylic acid groups (broad SMARTS) is 3. The molecule has 1 aliphatic carbocycles. The highest BCUT2D eigenvalue weighted by Crippen LogP contribution is 2.28. The van der Waals surface area contributed by atoms with Gasteiger partial charge in [0.25, 0.3) is 5.91 Å². The highest BCUT2D eigenvalue weighted by atomic mass is 16.7. The smallest absolute Gasteiger partial charge is 0.479 e. The predicted molar refractivity (Wildman–Crippen MR) is 228 cm³/mol. The molecule has 0 aromatic heterocycles. The molecular weight excluding hydrogens is 823 g/mol. The largest absolute Gasteiger partial charge is 0.481 e. The molecule has 0 aliphatic heterocycles. The van der Waals surface area contributed by atoms with Crippen molar-refractivity contribution < 1.29 is 68.2 Å². The highest BCUT2D eigenvalue weighted by Gasteiger charge is 2.35. The van der Waals surface area contributed by atoms with Gasteiger partial charge in [-0.3, -0.25) is 47.9 Å². The quantitative estimate of drug-likeness (QED) is 0.0308. The van der Waals surface area contributed by atoms with Crippen molar-refractivity contribution in [3.63, 3.8) is 0 Å². The van der Waals surface area contributed by atoms with Gasteiger partial charge in [-0.15, -0.1) is 6.58 Å². The van der Waals surface area contributed by atoms with Crippen molar-refractivity contribution in [1.29, 1.82) is 0 Å². The van der Waals surface area contributed by atoms with E-state index in [1.165, 1.54) is 0 Å². The second-order valence-corrected chi connectivity index (χ2v) is 16.2. The Balaban J connectivity index is 2.47. The summed E-state index contributed by atoms with van der Waals surface area (Å²) < 4.78 is 5.09. The molecule has 1 aromatic carbocycles. The Hall–Kier alpha value is -5.83. The summed E-state index contributed by atoms with van der Waals surface area (Å²) in [6, 6.07) is -0.279. The molecule has 10 N–H and O–H groups in total. The van der Waals surface area contributed by atoms with Crippen LogP contribution in [-0.2, 0) is 54.3 Å². The van der Waals surface area contributed by atoms with Crippen LogP contribution < -0.4 is 32.1 Å². The summed E-state index contributed by atoms with van der Waals surface area (Å²) in [6.45, 7) is 9.03. The van der Waals surface area contributed by atoms with Gasteiger partial charge in [0.05, 0.1) is 12.8 Å². The van der Waals surface area contributed by atoms with Crippen LogP contribution in [0.3, 0.4) is 0 Å². The Morgan fingerprint density at radius 1 is 0.730 bits per heavy atom. The number of nitrogens with one attached hydrogen (secondary N) is 6. The van der Waals surface area contributed by atoms with Crippen LogP contribution in [0.2, 0.25) is 6.32 Å². The summed E-state index contributed by atoms with van der Waals surface area (Å²) in [4.78, 5) is 116. The summed E-state index contributed by atoms with van der Waals surface area (Å²) in [7, 11) is -1.33. The van der Waals surface area contributed by atoms with Crippen LogP contribution in [0.5, 0.6) is 0 Å². The minimum Gasteiger partial charge on any atom is -0.481 e. The average Bonchev–Trinajstić information content (AvgIpc) is 3.22. The van der Waals surface area contributed by atoms with E-state index in [0.29, 0.717) is 12.0 Å². The van der Waals surface area contributed by atoms with E-state index in [4.69, 9.17) is 9.86 Å². The second-order valence-electron chi connectivity index (χ2n) is 16.2. The molecule has 0 bridgehead atoms. The third-order valence-electron chi connectivity index (χ3n) is 10.4. The van der Waals surface area contributed by atoms with Crippen LogP contribution >= 0.6 is 0 Å². The minimum absolute atomic E-state index is 0.0268. The van der Waals surface area contributed by atoms with Crippen LogP contribution in [0, 0.1) is 18.8 Å². The predicted octanol–water partition coefficient (Wildman–Crippen LogP) is 1.29. The molecule has 1 unspecified atom stereocenters. The first-order valence-corrected chi connectivity index (χ1v) is 21.2. The molecule has 5 atom stereocenters. The van der Waals surface area contributed by atoms with Crippen LogP contribution in [-0.4, -0.2) is 111 Å². The molecular formula is C42H63BN6O14. The van der Waals surface area contributed by atoms with Crippen LogP contribution in [0.4, 0.5) is 0 Å². The standard InChI is InChI=1S/C42H63BN6O14/c1-5-6-20-43(62)63-49-42(61)30(21-25(2)3)46-39(58)31(22-27-13-8-7-9-14-27)47-40(59)32(23-28-15-11-10-12-26(28)4)48-38(57)29(16-18-35(51)52)45-41(60)33(24-37(55)56)44-34(50)17-19-36(53)54/h5,10-12,15,25,27,29-33,62H,1,6-9,13-14,16-24H2,2-4H3,(H,44,50)(H,45,60)(H,46,58)(H,47,59)(H,48,57)(H,49,61)(H,51,52)(H,53,54)(H,55,56)/t29-,30?,31-,32-,33-/m0/s1. The highest BCUT2D eigenvalue weighted by molar-refractivity contribution is 6.42. The number of rotatable bonds is 29. The van der Waals surface area contributed by atoms with Gasteiger partial charge in [0.15, 0.2) is 0 Å². The molecule has 348 valence electrons. The van der Waals surface area contributed by atoms with E-state index in [9.17, 15) is 58.4 Å². The van der Waals surface area contributed by atoms with E-state index in [-0.39, 0.29) is 37.4 Å². The Morgan fingerprint density at radius 3 is 1.90 bits per heavy atom. The molecule has 1 fully saturated rings. The number of carbonyl (C=O) groups is 9. The number of hydroxylamine groups is 1. The molecule has 6 amide bonds. The van der Waals surface area contributed by atoms with Gasteiger partial charge in [-0.25, -0.2) is 5.48 Å². The minimum atomic E-state index is -1.79. The number of hydrogen-bond donors (Lipinski definition) is 10. The Labute approximate surface area is 367 Å². The molecule has 1 aliphatic rings. The van der Waals surface area contributed by atoms with Crippen molar-refractivity contribution in [3.8, 4) is 0 Å². The van der Waals surface area contributed by atoms with Gasteiger partial charge in [0, 0.05) is 19.3 Å². The van der Waals surface area contributed by atoms with Crippen LogP contribution in [0.15, 0.2) is 36.9 Å². The summed E-state index contributed by atoms with van der Waals surface area (Å²) in [5.41, 5.74) is 3.56. The van der Waals surface area contributed by atoms with Crippen molar-refractivity contribution in [2.45, 2.75) is 147 Å². The fraction of sp³-hybridized carbons (Fsp3) is 0.595. The molecule has 1 aromatic rings. The molecule has 0 heterocycles. The SMILES string of the molecule is C=CCCB(O)ONC(=O)C(CC(C)C)NC(=O)[C@H](CC1CCCCC1)NC(=O)[C@H](Cc1ccccc1C)NC(=O)[C@H](CCC(=O)O)NC(=O)[C@H](CC(=O)O)NC(=O)CCC(=O)O. The molecule has 1 saturated carbocycles. The lowest BCUT2D eigenvalue weighted by Crippen LogP contribution is -2.60. The average molecular weight is 887 g/mol. The van der Waals surface area contributed by atoms with E-state index >= 15 is 0 Å². The summed E-state index contributed by atoms with van der Waals surface area (Å²) in [5.74, 6) is -9.69. The fourth-order valence-electron chi connectivity index (χ4n) is 6.97. The number of aryl methyl sites for hydroxylation is 1. The van der Waals surface area contributed by atoms with Crippen molar-refractivity contribution in [2.24, 2.45) is 11.8 Å². The molecule has 0 spiro atoms. The molecule has 21 heteroatoms. The number of amides is 6. The maximum Gasteiger partial charge on any atom is 0.479 e. The van der Waals surface area contributed by atoms with Crippen molar-refractivity contribution in [2.75, 3.05) is 0 Å². The fourth-order valence-corrected chi connectivity index (χ4v) is 6.97. The molecule has 63 heavy (non-hydrogen) atoms. The van der Waals surface area contributed by atoms with Gasteiger partial charge in [-0.2, -0.15) is 0 Å². The second kappa shape index (κ2) is 28.0. The number of allylic oxidation sites excluding steroid dienone is 1. The number of benzene rings is 1. The van der Waals surface area contributed by atoms with Gasteiger partial charge >= 0.3 is 25.0 Å². The zero-order chi connectivity index (χ0) is 47.1. The van der Waals surface area contributed by atoms with E-state index in [1.807, 2.05) is 13.8 Å². The number of carboxylic acids is 3. The molecule has 20 nitrogen and oxygen atoms in total. The topological polar surface area (TPSA) is 316 Å². The molecule has 0 saturated heterocycles. The zero-order valence-electron chi connectivity index (χ0n) is 36.2. The lowest BCUT2D eigenvalue weighted by molar-refractivity contribution is -0.142. The maximum absolute atomic E-state index is 14.4. The normalized spacial score (nSPS) is 15.0. The number of carbonyl (C=O) groups excluding carboxylic acids is 6. The first-order valence-electron chi connectivity index (χ1n) is 21.2. The van der Waals surface area contributed by atoms with E-state index in [0.717, 1.165) is 37.7 Å². The molecule has 0 radical (unpaired) electrons. The van der Waals surface area contributed by atoms with E-state index in [1.54, 1.807) is 37.3 Å². The van der Waals surface area contributed by atoms with Gasteiger partial charge in [-0.1, -0.05) is 76.3 Å². The van der Waals surface area contributed by atoms with Crippen molar-refractivity contribution in [3.05, 3.63) is 48.0 Å². The lowest BCUT2D eigenvalue weighted by atomic mass is 9.84. The van der Waals surface area contributed by atoms with Gasteiger partial charge < -0.3 is 46.9 Å². The lowest BCUT2D eigenvalue weighted by Gasteiger charge is -2.30. The monoisotopic (exact) mass is 886 g/mol. The third-order valence-corrected chi connectivity index (χ3v) is 10.4. The number of hydrogen-bond acceptors (Lipinski definition) is 11. The first-order chi connectivity index (χ1) is 29.8. The Kier molecular flexibility index (Phi) is 23.7. The first kappa shape index (κ1) is 53.3. The Morgan fingerprint density at radius 2 is 1.30 bits per heavy atom. The van der Waals surface area contributed by atoms with Crippen LogP contribution in [0.25, 0.3) is 0 Å². The maximum atomic E-state index is 14.4. The third kappa shape index (κ3) is 21.2. The van der Waals surface area contributed by atoms with Gasteiger partial charge in [-0.05, 0) is 61.9 Å². The Bertz CT molecular complexity index is 1760. The zero-order valence-corrected chi connectivity index (χ0v) is 36.2. The summed E-state index contributed by atoms with van der Waals surface area (Å²) in [6.07, 6.45) is 3.41. The summed E-state index contributed by atoms with van der Waals surface area (Å²) in [5, 5.41) is 50.4. The van der Waals surface area contributed by atoms with Gasteiger partial charge in [0.1, 0.15) is 30.2 Å². The van der Waals surface area contributed by atoms with Gasteiger partial charge in [0.2, 0.25) is 29.5 Å².